The summed E-state index contributed by atoms with van der Waals surface area (Å²) in [5.74, 6) is -0.850. The second-order valence-corrected chi connectivity index (χ2v) is 4.95. The highest BCUT2D eigenvalue weighted by atomic mass is 32.1. The molecule has 0 bridgehead atoms. The van der Waals surface area contributed by atoms with Crippen LogP contribution in [-0.2, 0) is 6.54 Å². The van der Waals surface area contributed by atoms with Crippen LogP contribution in [0.15, 0.2) is 12.4 Å². The average Bonchev–Trinajstić information content (AvgIpc) is 2.93. The summed E-state index contributed by atoms with van der Waals surface area (Å²) < 4.78 is 0. The van der Waals surface area contributed by atoms with E-state index in [0.29, 0.717) is 16.4 Å². The predicted octanol–water partition coefficient (Wildman–Crippen LogP) is 0.967. The van der Waals surface area contributed by atoms with Gasteiger partial charge in [0, 0.05) is 25.2 Å². The lowest BCUT2D eigenvalue weighted by Crippen LogP contribution is -2.15. The van der Waals surface area contributed by atoms with Gasteiger partial charge in [-0.3, -0.25) is 14.7 Å². The third-order valence-electron chi connectivity index (χ3n) is 2.52. The van der Waals surface area contributed by atoms with Crippen LogP contribution in [0.2, 0.25) is 0 Å². The number of nitrogens with zero attached hydrogens (tertiary/aromatic N) is 1. The van der Waals surface area contributed by atoms with Crippen LogP contribution >= 0.6 is 11.3 Å². The Labute approximate surface area is 113 Å². The van der Waals surface area contributed by atoms with Crippen molar-refractivity contribution in [2.45, 2.75) is 13.5 Å². The minimum absolute atomic E-state index is 0.139. The second kappa shape index (κ2) is 5.11. The summed E-state index contributed by atoms with van der Waals surface area (Å²) in [7, 11) is 0. The fourth-order valence-corrected chi connectivity index (χ4v) is 2.65. The fraction of sp³-hybridized carbons (Fsp3) is 0.182. The maximum absolute atomic E-state index is 11.4. The molecule has 2 rings (SSSR count). The summed E-state index contributed by atoms with van der Waals surface area (Å²) in [5.41, 5.74) is 12.3. The van der Waals surface area contributed by atoms with E-state index in [4.69, 9.17) is 11.5 Å². The van der Waals surface area contributed by atoms with Crippen LogP contribution in [0.4, 0.5) is 10.7 Å². The summed E-state index contributed by atoms with van der Waals surface area (Å²) in [6.45, 7) is 1.85. The Hall–Kier alpha value is -2.35. The standard InChI is InChI=1S/C11H13N5O2S/c1-5(17)9-8(12)7(10(13)18)11(19-9)14-2-6-3-15-16-4-6/h3-4,14H,2,12H2,1H3,(H2,13,18)(H,15,16). The zero-order chi connectivity index (χ0) is 14.0. The number of amides is 1. The third-order valence-corrected chi connectivity index (χ3v) is 3.78. The van der Waals surface area contributed by atoms with Gasteiger partial charge in [-0.2, -0.15) is 5.10 Å². The maximum Gasteiger partial charge on any atom is 0.253 e. The Morgan fingerprint density at radius 1 is 1.53 bits per heavy atom. The topological polar surface area (TPSA) is 127 Å². The lowest BCUT2D eigenvalue weighted by atomic mass is 10.2. The smallest absolute Gasteiger partial charge is 0.253 e. The molecule has 1 amide bonds. The van der Waals surface area contributed by atoms with E-state index < -0.39 is 5.91 Å². The minimum atomic E-state index is -0.657. The molecule has 0 saturated heterocycles. The zero-order valence-corrected chi connectivity index (χ0v) is 11.0. The van der Waals surface area contributed by atoms with E-state index in [-0.39, 0.29) is 17.0 Å². The summed E-state index contributed by atoms with van der Waals surface area (Å²) in [6, 6.07) is 0. The summed E-state index contributed by atoms with van der Waals surface area (Å²) in [4.78, 5) is 23.2. The number of hydrogen-bond acceptors (Lipinski definition) is 6. The van der Waals surface area contributed by atoms with Crippen LogP contribution in [0.1, 0.15) is 32.5 Å². The van der Waals surface area contributed by atoms with Crippen molar-refractivity contribution in [1.29, 1.82) is 0 Å². The lowest BCUT2D eigenvalue weighted by molar-refractivity contribution is 0.100. The van der Waals surface area contributed by atoms with Gasteiger partial charge in [-0.1, -0.05) is 0 Å². The zero-order valence-electron chi connectivity index (χ0n) is 10.2. The molecule has 8 heteroatoms. The average molecular weight is 279 g/mol. The monoisotopic (exact) mass is 279 g/mol. The largest absolute Gasteiger partial charge is 0.397 e. The number of H-pyrrole nitrogens is 1. The van der Waals surface area contributed by atoms with Gasteiger partial charge in [0.1, 0.15) is 5.00 Å². The first-order chi connectivity index (χ1) is 9.00. The molecule has 0 aliphatic heterocycles. The number of thiophene rings is 1. The lowest BCUT2D eigenvalue weighted by Gasteiger charge is -2.03. The Morgan fingerprint density at radius 2 is 2.26 bits per heavy atom. The molecule has 0 aliphatic rings. The van der Waals surface area contributed by atoms with Crippen molar-refractivity contribution in [3.8, 4) is 0 Å². The number of ketones is 1. The number of anilines is 2. The molecule has 0 radical (unpaired) electrons. The van der Waals surface area contributed by atoms with Crippen molar-refractivity contribution < 1.29 is 9.59 Å². The first-order valence-corrected chi connectivity index (χ1v) is 6.27. The molecule has 6 N–H and O–H groups in total. The quantitative estimate of drug-likeness (QED) is 0.606. The summed E-state index contributed by atoms with van der Waals surface area (Å²) in [5, 5.41) is 10.0. The summed E-state index contributed by atoms with van der Waals surface area (Å²) in [6.07, 6.45) is 3.37. The van der Waals surface area contributed by atoms with Crippen LogP contribution < -0.4 is 16.8 Å². The molecule has 2 aromatic rings. The van der Waals surface area contributed by atoms with Gasteiger partial charge in [0.15, 0.2) is 5.78 Å². The number of carbonyl (C=O) groups is 2. The van der Waals surface area contributed by atoms with E-state index in [1.807, 2.05) is 0 Å². The minimum Gasteiger partial charge on any atom is -0.397 e. The Balaban J connectivity index is 2.30. The van der Waals surface area contributed by atoms with Gasteiger partial charge in [0.25, 0.3) is 5.91 Å². The number of primary amides is 1. The molecule has 0 aliphatic carbocycles. The Kier molecular flexibility index (Phi) is 3.52. The summed E-state index contributed by atoms with van der Waals surface area (Å²) >= 11 is 1.13. The number of hydrogen-bond donors (Lipinski definition) is 4. The number of aromatic nitrogens is 2. The van der Waals surface area contributed by atoms with Crippen molar-refractivity contribution in [1.82, 2.24) is 10.2 Å². The van der Waals surface area contributed by atoms with Crippen LogP contribution in [0.25, 0.3) is 0 Å². The van der Waals surface area contributed by atoms with Gasteiger partial charge < -0.3 is 16.8 Å². The van der Waals surface area contributed by atoms with Crippen molar-refractivity contribution in [2.24, 2.45) is 5.73 Å². The molecule has 0 fully saturated rings. The highest BCUT2D eigenvalue weighted by molar-refractivity contribution is 7.19. The molecule has 100 valence electrons. The van der Waals surface area contributed by atoms with Crippen LogP contribution in [0.3, 0.4) is 0 Å². The molecule has 0 saturated carbocycles. The van der Waals surface area contributed by atoms with Gasteiger partial charge in [0.05, 0.1) is 22.3 Å². The number of Topliss-reactive ketones (excluding diaryl/α,β-unsaturated/α-hetero) is 1. The van der Waals surface area contributed by atoms with Crippen molar-refractivity contribution in [3.05, 3.63) is 28.4 Å². The molecule has 7 nitrogen and oxygen atoms in total. The molecule has 19 heavy (non-hydrogen) atoms. The van der Waals surface area contributed by atoms with E-state index >= 15 is 0 Å². The van der Waals surface area contributed by atoms with Crippen LogP contribution in [0.5, 0.6) is 0 Å². The SMILES string of the molecule is CC(=O)c1sc(NCc2cn[nH]c2)c(C(N)=O)c1N. The van der Waals surface area contributed by atoms with Gasteiger partial charge in [-0.25, -0.2) is 0 Å². The van der Waals surface area contributed by atoms with Crippen molar-refractivity contribution in [2.75, 3.05) is 11.1 Å². The fourth-order valence-electron chi connectivity index (χ4n) is 1.63. The Morgan fingerprint density at radius 3 is 2.79 bits per heavy atom. The van der Waals surface area contributed by atoms with E-state index in [1.54, 1.807) is 12.4 Å². The van der Waals surface area contributed by atoms with E-state index in [2.05, 4.69) is 15.5 Å². The molecule has 0 unspecified atom stereocenters. The van der Waals surface area contributed by atoms with Crippen LogP contribution in [-0.4, -0.2) is 21.9 Å². The molecule has 0 aromatic carbocycles. The number of nitrogen functional groups attached to an aromatic ring is 1. The van der Waals surface area contributed by atoms with E-state index in [9.17, 15) is 9.59 Å². The second-order valence-electron chi connectivity index (χ2n) is 3.93. The number of rotatable bonds is 5. The molecule has 2 aromatic heterocycles. The van der Waals surface area contributed by atoms with Gasteiger partial charge >= 0.3 is 0 Å². The first kappa shape index (κ1) is 13.1. The number of nitrogens with two attached hydrogens (primary N) is 2. The molecule has 2 heterocycles. The van der Waals surface area contributed by atoms with Gasteiger partial charge in [-0.15, -0.1) is 11.3 Å². The Bertz CT molecular complexity index is 617. The number of nitrogens with one attached hydrogen (secondary N) is 2. The van der Waals surface area contributed by atoms with E-state index in [1.165, 1.54) is 6.92 Å². The molecular weight excluding hydrogens is 266 g/mol. The third kappa shape index (κ3) is 2.58. The highest BCUT2D eigenvalue weighted by Gasteiger charge is 2.22. The number of aromatic amines is 1. The maximum atomic E-state index is 11.4. The van der Waals surface area contributed by atoms with E-state index in [0.717, 1.165) is 16.9 Å². The molecular formula is C11H13N5O2S. The van der Waals surface area contributed by atoms with Crippen molar-refractivity contribution >= 4 is 33.7 Å². The van der Waals surface area contributed by atoms with Crippen LogP contribution in [0, 0.1) is 0 Å². The van der Waals surface area contributed by atoms with Gasteiger partial charge in [0.2, 0.25) is 0 Å². The molecule has 0 spiro atoms. The number of carbonyl (C=O) groups excluding carboxylic acids is 2. The van der Waals surface area contributed by atoms with Gasteiger partial charge in [-0.05, 0) is 0 Å². The normalized spacial score (nSPS) is 10.4. The molecule has 0 atom stereocenters. The first-order valence-electron chi connectivity index (χ1n) is 5.45. The predicted molar refractivity (Wildman–Crippen MR) is 73.2 cm³/mol. The highest BCUT2D eigenvalue weighted by Crippen LogP contribution is 2.35. The van der Waals surface area contributed by atoms with Crippen molar-refractivity contribution in [3.63, 3.8) is 0 Å².